The molecule has 0 spiro atoms. The van der Waals surface area contributed by atoms with Crippen molar-refractivity contribution < 1.29 is 19.4 Å². The zero-order valence-electron chi connectivity index (χ0n) is 10.4. The highest BCUT2D eigenvalue weighted by molar-refractivity contribution is 5.67. The first-order chi connectivity index (χ1) is 9.61. The number of carbonyl (C=O) groups excluding carboxylic acids is 1. The SMILES string of the molecule is NC(=O)Oc1cc(Oc2cn(C3CC3)nc2O)ccn1. The van der Waals surface area contributed by atoms with Crippen molar-refractivity contribution in [2.75, 3.05) is 0 Å². The van der Waals surface area contributed by atoms with E-state index in [9.17, 15) is 9.90 Å². The highest BCUT2D eigenvalue weighted by atomic mass is 16.6. The van der Waals surface area contributed by atoms with Crippen LogP contribution in [0.1, 0.15) is 18.9 Å². The third-order valence-corrected chi connectivity index (χ3v) is 2.74. The first kappa shape index (κ1) is 12.3. The van der Waals surface area contributed by atoms with Crippen LogP contribution < -0.4 is 15.2 Å². The molecule has 1 fully saturated rings. The van der Waals surface area contributed by atoms with E-state index < -0.39 is 6.09 Å². The lowest BCUT2D eigenvalue weighted by Crippen LogP contribution is -2.16. The van der Waals surface area contributed by atoms with Crippen LogP contribution >= 0.6 is 0 Å². The third kappa shape index (κ3) is 2.63. The van der Waals surface area contributed by atoms with Gasteiger partial charge in [0.05, 0.1) is 12.2 Å². The Balaban J connectivity index is 1.78. The molecular formula is C12H12N4O4. The Hall–Kier alpha value is -2.77. The van der Waals surface area contributed by atoms with Crippen LogP contribution in [0.4, 0.5) is 4.79 Å². The van der Waals surface area contributed by atoms with Crippen LogP contribution in [0.15, 0.2) is 24.5 Å². The number of rotatable bonds is 4. The second kappa shape index (κ2) is 4.72. The number of carbonyl (C=O) groups is 1. The molecule has 3 rings (SSSR count). The molecule has 104 valence electrons. The normalized spacial score (nSPS) is 14.0. The fourth-order valence-corrected chi connectivity index (χ4v) is 1.70. The zero-order chi connectivity index (χ0) is 14.1. The molecule has 3 N–H and O–H groups in total. The topological polar surface area (TPSA) is 112 Å². The van der Waals surface area contributed by atoms with Crippen molar-refractivity contribution in [2.24, 2.45) is 5.73 Å². The van der Waals surface area contributed by atoms with Crippen molar-refractivity contribution in [3.63, 3.8) is 0 Å². The molecule has 0 radical (unpaired) electrons. The van der Waals surface area contributed by atoms with E-state index in [1.165, 1.54) is 12.3 Å². The highest BCUT2D eigenvalue weighted by Crippen LogP contribution is 2.38. The van der Waals surface area contributed by atoms with Gasteiger partial charge in [-0.3, -0.25) is 4.68 Å². The van der Waals surface area contributed by atoms with Crippen molar-refractivity contribution in [3.05, 3.63) is 24.5 Å². The minimum Gasteiger partial charge on any atom is -0.490 e. The summed E-state index contributed by atoms with van der Waals surface area (Å²) in [4.78, 5) is 14.4. The van der Waals surface area contributed by atoms with E-state index in [-0.39, 0.29) is 17.5 Å². The minimum atomic E-state index is -0.959. The van der Waals surface area contributed by atoms with Crippen molar-refractivity contribution in [3.8, 4) is 23.3 Å². The average molecular weight is 276 g/mol. The van der Waals surface area contributed by atoms with Gasteiger partial charge in [-0.25, -0.2) is 9.78 Å². The van der Waals surface area contributed by atoms with Crippen LogP contribution in [0, 0.1) is 0 Å². The Labute approximate surface area is 113 Å². The van der Waals surface area contributed by atoms with E-state index in [0.29, 0.717) is 11.8 Å². The molecule has 2 aromatic heterocycles. The number of pyridine rings is 1. The summed E-state index contributed by atoms with van der Waals surface area (Å²) in [5.41, 5.74) is 4.90. The minimum absolute atomic E-state index is 0.0177. The largest absolute Gasteiger partial charge is 0.490 e. The lowest BCUT2D eigenvalue weighted by atomic mass is 10.4. The molecule has 0 aromatic carbocycles. The molecule has 1 amide bonds. The molecule has 2 aromatic rings. The molecule has 1 aliphatic carbocycles. The van der Waals surface area contributed by atoms with E-state index in [2.05, 4.69) is 14.8 Å². The molecule has 0 bridgehead atoms. The van der Waals surface area contributed by atoms with E-state index >= 15 is 0 Å². The summed E-state index contributed by atoms with van der Waals surface area (Å²) in [5, 5.41) is 13.7. The molecule has 0 saturated heterocycles. The van der Waals surface area contributed by atoms with E-state index in [0.717, 1.165) is 12.8 Å². The Bertz CT molecular complexity index is 651. The maximum absolute atomic E-state index is 10.6. The number of amides is 1. The lowest BCUT2D eigenvalue weighted by Gasteiger charge is -2.04. The van der Waals surface area contributed by atoms with Gasteiger partial charge in [-0.2, -0.15) is 0 Å². The Morgan fingerprint density at radius 2 is 2.30 bits per heavy atom. The maximum atomic E-state index is 10.6. The summed E-state index contributed by atoms with van der Waals surface area (Å²) in [6.45, 7) is 0. The molecule has 1 aliphatic rings. The smallest absolute Gasteiger partial charge is 0.411 e. The second-order valence-electron chi connectivity index (χ2n) is 4.38. The molecule has 0 unspecified atom stereocenters. The molecule has 8 nitrogen and oxygen atoms in total. The van der Waals surface area contributed by atoms with Gasteiger partial charge in [-0.05, 0) is 18.9 Å². The Morgan fingerprint density at radius 1 is 1.50 bits per heavy atom. The molecule has 20 heavy (non-hydrogen) atoms. The van der Waals surface area contributed by atoms with Crippen LogP contribution in [-0.2, 0) is 0 Å². The Kier molecular flexibility index (Phi) is 2.90. The fourth-order valence-electron chi connectivity index (χ4n) is 1.70. The second-order valence-corrected chi connectivity index (χ2v) is 4.38. The van der Waals surface area contributed by atoms with Gasteiger partial charge >= 0.3 is 6.09 Å². The monoisotopic (exact) mass is 276 g/mol. The quantitative estimate of drug-likeness (QED) is 0.876. The number of aromatic nitrogens is 3. The Morgan fingerprint density at radius 3 is 3.00 bits per heavy atom. The van der Waals surface area contributed by atoms with Gasteiger partial charge < -0.3 is 20.3 Å². The van der Waals surface area contributed by atoms with Gasteiger partial charge in [0.25, 0.3) is 5.88 Å². The van der Waals surface area contributed by atoms with Crippen molar-refractivity contribution >= 4 is 6.09 Å². The van der Waals surface area contributed by atoms with Crippen LogP contribution in [-0.4, -0.2) is 26.0 Å². The van der Waals surface area contributed by atoms with Gasteiger partial charge in [-0.15, -0.1) is 5.10 Å². The van der Waals surface area contributed by atoms with Gasteiger partial charge in [0.2, 0.25) is 11.6 Å². The first-order valence-corrected chi connectivity index (χ1v) is 6.01. The first-order valence-electron chi connectivity index (χ1n) is 6.01. The summed E-state index contributed by atoms with van der Waals surface area (Å²) in [6, 6.07) is 3.28. The summed E-state index contributed by atoms with van der Waals surface area (Å²) in [6.07, 6.45) is 4.16. The number of ether oxygens (including phenoxy) is 2. The number of nitrogens with two attached hydrogens (primary N) is 1. The average Bonchev–Trinajstić information content (AvgIpc) is 3.16. The van der Waals surface area contributed by atoms with Crippen LogP contribution in [0.25, 0.3) is 0 Å². The van der Waals surface area contributed by atoms with Crippen molar-refractivity contribution in [1.29, 1.82) is 0 Å². The molecular weight excluding hydrogens is 264 g/mol. The van der Waals surface area contributed by atoms with Gasteiger partial charge in [0.1, 0.15) is 5.75 Å². The van der Waals surface area contributed by atoms with Crippen LogP contribution in [0.5, 0.6) is 23.3 Å². The number of primary amides is 1. The maximum Gasteiger partial charge on any atom is 0.411 e. The van der Waals surface area contributed by atoms with Crippen LogP contribution in [0.3, 0.4) is 0 Å². The molecule has 0 aliphatic heterocycles. The summed E-state index contributed by atoms with van der Waals surface area (Å²) in [7, 11) is 0. The van der Waals surface area contributed by atoms with E-state index in [1.807, 2.05) is 0 Å². The van der Waals surface area contributed by atoms with Crippen LogP contribution in [0.2, 0.25) is 0 Å². The van der Waals surface area contributed by atoms with E-state index in [1.54, 1.807) is 16.9 Å². The lowest BCUT2D eigenvalue weighted by molar-refractivity contribution is 0.209. The van der Waals surface area contributed by atoms with Gasteiger partial charge in [0.15, 0.2) is 0 Å². The number of aromatic hydroxyl groups is 1. The highest BCUT2D eigenvalue weighted by Gasteiger charge is 2.26. The van der Waals surface area contributed by atoms with Crippen molar-refractivity contribution in [1.82, 2.24) is 14.8 Å². The summed E-state index contributed by atoms with van der Waals surface area (Å²) in [5.74, 6) is 0.408. The van der Waals surface area contributed by atoms with Crippen molar-refractivity contribution in [2.45, 2.75) is 18.9 Å². The molecule has 2 heterocycles. The fraction of sp³-hybridized carbons (Fsp3) is 0.250. The number of nitrogens with zero attached hydrogens (tertiary/aromatic N) is 3. The third-order valence-electron chi connectivity index (χ3n) is 2.74. The number of hydrogen-bond donors (Lipinski definition) is 2. The molecule has 8 heteroatoms. The molecule has 1 saturated carbocycles. The predicted octanol–water partition coefficient (Wildman–Crippen LogP) is 1.57. The summed E-state index contributed by atoms with van der Waals surface area (Å²) >= 11 is 0. The molecule has 0 atom stereocenters. The predicted molar refractivity (Wildman–Crippen MR) is 66.7 cm³/mol. The van der Waals surface area contributed by atoms with Gasteiger partial charge in [0, 0.05) is 12.3 Å². The zero-order valence-corrected chi connectivity index (χ0v) is 10.4. The standard InChI is InChI=1S/C12H12N4O4/c13-12(18)20-10-5-8(3-4-14-10)19-9-6-16(7-1-2-7)15-11(9)17/h3-7H,1-2H2,(H2,13,18)(H,15,17). The summed E-state index contributed by atoms with van der Waals surface area (Å²) < 4.78 is 11.8. The van der Waals surface area contributed by atoms with E-state index in [4.69, 9.17) is 10.5 Å². The van der Waals surface area contributed by atoms with Gasteiger partial charge in [-0.1, -0.05) is 0 Å². The number of hydrogen-bond acceptors (Lipinski definition) is 6.